The van der Waals surface area contributed by atoms with Crippen molar-refractivity contribution in [1.82, 2.24) is 4.90 Å². The third-order valence-corrected chi connectivity index (χ3v) is 4.42. The van der Waals surface area contributed by atoms with Crippen LogP contribution in [-0.2, 0) is 10.3 Å². The first-order valence-corrected chi connectivity index (χ1v) is 7.03. The van der Waals surface area contributed by atoms with Crippen molar-refractivity contribution in [2.45, 2.75) is 31.5 Å². The van der Waals surface area contributed by atoms with Crippen LogP contribution >= 0.6 is 0 Å². The molecule has 2 heterocycles. The molecular weight excluding hydrogens is 248 g/mol. The van der Waals surface area contributed by atoms with Crippen LogP contribution in [0.25, 0.3) is 0 Å². The summed E-state index contributed by atoms with van der Waals surface area (Å²) in [6, 6.07) is 8.56. The first-order valence-electron chi connectivity index (χ1n) is 7.03. The molecular formula is C17H18N2O. The van der Waals surface area contributed by atoms with Crippen LogP contribution in [0.3, 0.4) is 0 Å². The normalized spacial score (nSPS) is 24.1. The molecule has 102 valence electrons. The van der Waals surface area contributed by atoms with Gasteiger partial charge in [-0.15, -0.1) is 6.42 Å². The summed E-state index contributed by atoms with van der Waals surface area (Å²) in [6.07, 6.45) is 6.76. The van der Waals surface area contributed by atoms with Crippen molar-refractivity contribution in [2.75, 3.05) is 19.6 Å². The summed E-state index contributed by atoms with van der Waals surface area (Å²) >= 11 is 0. The number of hydrogen-bond donors (Lipinski definition) is 0. The lowest BCUT2D eigenvalue weighted by atomic mass is 9.83. The molecule has 1 atom stereocenters. The van der Waals surface area contributed by atoms with E-state index in [2.05, 4.69) is 35.9 Å². The van der Waals surface area contributed by atoms with Crippen molar-refractivity contribution in [3.63, 3.8) is 0 Å². The number of ether oxygens (including phenoxy) is 1. The molecule has 0 saturated carbocycles. The number of benzene rings is 1. The van der Waals surface area contributed by atoms with E-state index in [1.54, 1.807) is 0 Å². The van der Waals surface area contributed by atoms with Crippen LogP contribution in [0.4, 0.5) is 0 Å². The van der Waals surface area contributed by atoms with Gasteiger partial charge in [-0.05, 0) is 25.3 Å². The summed E-state index contributed by atoms with van der Waals surface area (Å²) in [4.78, 5) is 2.27. The van der Waals surface area contributed by atoms with Gasteiger partial charge in [0.2, 0.25) is 0 Å². The molecule has 0 aliphatic carbocycles. The Kier molecular flexibility index (Phi) is 3.26. The molecule has 1 unspecified atom stereocenters. The highest BCUT2D eigenvalue weighted by atomic mass is 16.5. The first kappa shape index (κ1) is 13.2. The molecule has 1 aromatic carbocycles. The van der Waals surface area contributed by atoms with Crippen LogP contribution in [0.15, 0.2) is 18.2 Å². The number of nitrogens with zero attached hydrogens (tertiary/aromatic N) is 2. The van der Waals surface area contributed by atoms with Gasteiger partial charge in [-0.2, -0.15) is 5.26 Å². The van der Waals surface area contributed by atoms with E-state index in [1.807, 2.05) is 6.07 Å². The van der Waals surface area contributed by atoms with Crippen molar-refractivity contribution in [1.29, 1.82) is 5.26 Å². The number of aryl methyl sites for hydroxylation is 1. The van der Waals surface area contributed by atoms with Crippen molar-refractivity contribution in [3.05, 3.63) is 34.9 Å². The highest BCUT2D eigenvalue weighted by Gasteiger charge is 2.46. The van der Waals surface area contributed by atoms with Gasteiger partial charge in [-0.25, -0.2) is 0 Å². The van der Waals surface area contributed by atoms with E-state index >= 15 is 0 Å². The fourth-order valence-electron chi connectivity index (χ4n) is 3.33. The predicted octanol–water partition coefficient (Wildman–Crippen LogP) is 2.51. The fraction of sp³-hybridized carbons (Fsp3) is 0.471. The van der Waals surface area contributed by atoms with Crippen LogP contribution in [0, 0.1) is 30.6 Å². The van der Waals surface area contributed by atoms with Crippen molar-refractivity contribution in [3.8, 4) is 18.4 Å². The predicted molar refractivity (Wildman–Crippen MR) is 76.8 cm³/mol. The molecule has 1 fully saturated rings. The zero-order valence-corrected chi connectivity index (χ0v) is 11.7. The van der Waals surface area contributed by atoms with Gasteiger partial charge < -0.3 is 4.74 Å². The van der Waals surface area contributed by atoms with E-state index < -0.39 is 6.10 Å². The maximum Gasteiger partial charge on any atom is 0.170 e. The lowest BCUT2D eigenvalue weighted by molar-refractivity contribution is -0.0909. The highest BCUT2D eigenvalue weighted by molar-refractivity contribution is 5.43. The smallest absolute Gasteiger partial charge is 0.170 e. The number of likely N-dealkylation sites (tertiary alicyclic amines) is 1. The molecule has 0 radical (unpaired) electrons. The highest BCUT2D eigenvalue weighted by Crippen LogP contribution is 2.49. The minimum Gasteiger partial charge on any atom is -0.347 e. The van der Waals surface area contributed by atoms with Crippen molar-refractivity contribution >= 4 is 0 Å². The number of fused-ring (bicyclic) bond motifs is 2. The van der Waals surface area contributed by atoms with Crippen molar-refractivity contribution < 1.29 is 4.74 Å². The van der Waals surface area contributed by atoms with Crippen LogP contribution < -0.4 is 0 Å². The molecule has 0 bridgehead atoms. The molecule has 2 aliphatic rings. The first-order chi connectivity index (χ1) is 9.68. The van der Waals surface area contributed by atoms with Gasteiger partial charge in [-0.3, -0.25) is 4.90 Å². The Morgan fingerprint density at radius 1 is 1.45 bits per heavy atom. The van der Waals surface area contributed by atoms with Crippen LogP contribution in [0.5, 0.6) is 0 Å². The molecule has 1 saturated heterocycles. The van der Waals surface area contributed by atoms with Crippen LogP contribution in [0.2, 0.25) is 0 Å². The zero-order chi connectivity index (χ0) is 14.2. The molecule has 0 N–H and O–H groups in total. The van der Waals surface area contributed by atoms with Gasteiger partial charge in [-0.1, -0.05) is 29.7 Å². The molecule has 2 aliphatic heterocycles. The maximum atomic E-state index is 9.32. The third-order valence-electron chi connectivity index (χ3n) is 4.42. The van der Waals surface area contributed by atoms with Gasteiger partial charge in [0.05, 0.1) is 18.2 Å². The van der Waals surface area contributed by atoms with E-state index in [-0.39, 0.29) is 5.60 Å². The largest absolute Gasteiger partial charge is 0.347 e. The molecule has 0 aromatic heterocycles. The number of piperidine rings is 1. The minimum atomic E-state index is -0.426. The van der Waals surface area contributed by atoms with Crippen molar-refractivity contribution in [2.24, 2.45) is 0 Å². The SMILES string of the molecule is C#CCN1CCC2(CC1)OC(C#N)c1ccc(C)cc12. The van der Waals surface area contributed by atoms with E-state index in [0.29, 0.717) is 6.54 Å². The Morgan fingerprint density at radius 3 is 2.85 bits per heavy atom. The van der Waals surface area contributed by atoms with Crippen LogP contribution in [-0.4, -0.2) is 24.5 Å². The number of nitriles is 1. The molecule has 1 aromatic rings. The topological polar surface area (TPSA) is 36.3 Å². The summed E-state index contributed by atoms with van der Waals surface area (Å²) in [5, 5.41) is 9.32. The Bertz CT molecular complexity index is 600. The second-order valence-electron chi connectivity index (χ2n) is 5.69. The van der Waals surface area contributed by atoms with E-state index in [0.717, 1.165) is 31.5 Å². The van der Waals surface area contributed by atoms with E-state index in [9.17, 15) is 5.26 Å². The Hall–Kier alpha value is -1.81. The monoisotopic (exact) mass is 266 g/mol. The molecule has 3 nitrogen and oxygen atoms in total. The molecule has 3 heteroatoms. The summed E-state index contributed by atoms with van der Waals surface area (Å²) in [6.45, 7) is 4.63. The Labute approximate surface area is 120 Å². The van der Waals surface area contributed by atoms with Gasteiger partial charge in [0.15, 0.2) is 6.10 Å². The summed E-state index contributed by atoms with van der Waals surface area (Å²) in [7, 11) is 0. The molecule has 1 spiro atoms. The zero-order valence-electron chi connectivity index (χ0n) is 11.7. The third kappa shape index (κ3) is 2.00. The van der Waals surface area contributed by atoms with Gasteiger partial charge in [0, 0.05) is 18.7 Å². The quantitative estimate of drug-likeness (QED) is 0.733. The lowest BCUT2D eigenvalue weighted by Crippen LogP contribution is -2.42. The van der Waals surface area contributed by atoms with E-state index in [1.165, 1.54) is 11.1 Å². The number of terminal acetylenes is 1. The fourth-order valence-corrected chi connectivity index (χ4v) is 3.33. The standard InChI is InChI=1S/C17H18N2O/c1-3-8-19-9-6-17(7-10-19)15-11-13(2)4-5-14(15)16(12-18)20-17/h1,4-5,11,16H,6-10H2,2H3. The second kappa shape index (κ2) is 4.94. The Morgan fingerprint density at radius 2 is 2.20 bits per heavy atom. The average molecular weight is 266 g/mol. The Balaban J connectivity index is 1.92. The minimum absolute atomic E-state index is 0.285. The van der Waals surface area contributed by atoms with Gasteiger partial charge >= 0.3 is 0 Å². The van der Waals surface area contributed by atoms with Gasteiger partial charge in [0.1, 0.15) is 0 Å². The van der Waals surface area contributed by atoms with Crippen LogP contribution in [0.1, 0.15) is 35.6 Å². The summed E-state index contributed by atoms with van der Waals surface area (Å²) in [5.74, 6) is 2.70. The molecule has 0 amide bonds. The second-order valence-corrected chi connectivity index (χ2v) is 5.69. The molecule has 3 rings (SSSR count). The molecule has 20 heavy (non-hydrogen) atoms. The van der Waals surface area contributed by atoms with E-state index in [4.69, 9.17) is 11.2 Å². The average Bonchev–Trinajstić information content (AvgIpc) is 2.76. The number of hydrogen-bond acceptors (Lipinski definition) is 3. The number of rotatable bonds is 1. The summed E-state index contributed by atoms with van der Waals surface area (Å²) in [5.41, 5.74) is 3.19. The van der Waals surface area contributed by atoms with Gasteiger partial charge in [0.25, 0.3) is 0 Å². The maximum absolute atomic E-state index is 9.32. The lowest BCUT2D eigenvalue weighted by Gasteiger charge is -2.38. The summed E-state index contributed by atoms with van der Waals surface area (Å²) < 4.78 is 6.15.